The van der Waals surface area contributed by atoms with Crippen LogP contribution in [0.3, 0.4) is 0 Å². The van der Waals surface area contributed by atoms with Crippen LogP contribution >= 0.6 is 11.3 Å². The van der Waals surface area contributed by atoms with Crippen LogP contribution in [0.1, 0.15) is 10.6 Å². The van der Waals surface area contributed by atoms with E-state index in [0.29, 0.717) is 23.7 Å². The summed E-state index contributed by atoms with van der Waals surface area (Å²) in [4.78, 5) is 5.22. The Balaban J connectivity index is 2.04. The molecule has 2 aromatic rings. The van der Waals surface area contributed by atoms with Crippen LogP contribution in [0, 0.1) is 0 Å². The first-order chi connectivity index (χ1) is 10.0. The van der Waals surface area contributed by atoms with E-state index in [4.69, 9.17) is 0 Å². The molecule has 0 radical (unpaired) electrons. The number of thiophene rings is 1. The zero-order valence-corrected chi connectivity index (χ0v) is 13.7. The number of nitrogens with zero attached hydrogens (tertiary/aromatic N) is 2. The van der Waals surface area contributed by atoms with E-state index in [1.165, 1.54) is 15.6 Å². The van der Waals surface area contributed by atoms with Crippen LogP contribution in [-0.2, 0) is 23.0 Å². The fourth-order valence-electron chi connectivity index (χ4n) is 1.86. The van der Waals surface area contributed by atoms with E-state index in [1.54, 1.807) is 19.3 Å². The number of hydrogen-bond donors (Lipinski definition) is 1. The molecule has 1 N–H and O–H groups in total. The second kappa shape index (κ2) is 7.13. The van der Waals surface area contributed by atoms with Gasteiger partial charge in [-0.15, -0.1) is 11.3 Å². The summed E-state index contributed by atoms with van der Waals surface area (Å²) in [5.41, 5.74) is 0.890. The Kier molecular flexibility index (Phi) is 5.46. The fourth-order valence-corrected chi connectivity index (χ4v) is 4.61. The molecule has 0 unspecified atom stereocenters. The summed E-state index contributed by atoms with van der Waals surface area (Å²) in [5, 5.41) is 3.02. The molecule has 0 aromatic carbocycles. The molecule has 5 nitrogen and oxygen atoms in total. The second-order valence-corrected chi connectivity index (χ2v) is 8.09. The van der Waals surface area contributed by atoms with Crippen LogP contribution < -0.4 is 5.32 Å². The average Bonchev–Trinajstić information content (AvgIpc) is 2.95. The largest absolute Gasteiger partial charge is 0.315 e. The number of likely N-dealkylation sites (N-methyl/N-ethyl adjacent to an activating group) is 1. The zero-order chi connectivity index (χ0) is 15.3. The maximum Gasteiger partial charge on any atom is 0.252 e. The highest BCUT2D eigenvalue weighted by Gasteiger charge is 2.22. The van der Waals surface area contributed by atoms with Crippen molar-refractivity contribution in [3.63, 3.8) is 0 Å². The summed E-state index contributed by atoms with van der Waals surface area (Å²) in [6.07, 6.45) is 2.32. The molecule has 2 rings (SSSR count). The lowest BCUT2D eigenvalue weighted by molar-refractivity contribution is 0.472. The van der Waals surface area contributed by atoms with Crippen molar-refractivity contribution in [1.29, 1.82) is 0 Å². The molecule has 2 aromatic heterocycles. The van der Waals surface area contributed by atoms with Crippen molar-refractivity contribution in [3.05, 3.63) is 47.1 Å². The van der Waals surface area contributed by atoms with Gasteiger partial charge in [-0.1, -0.05) is 6.07 Å². The van der Waals surface area contributed by atoms with Crippen LogP contribution in [0.5, 0.6) is 0 Å². The van der Waals surface area contributed by atoms with Crippen molar-refractivity contribution in [2.45, 2.75) is 17.2 Å². The molecule has 0 saturated heterocycles. The maximum absolute atomic E-state index is 12.5. The maximum atomic E-state index is 12.5. The van der Waals surface area contributed by atoms with E-state index in [9.17, 15) is 8.42 Å². The van der Waals surface area contributed by atoms with Crippen molar-refractivity contribution in [3.8, 4) is 0 Å². The summed E-state index contributed by atoms with van der Waals surface area (Å²) in [6, 6.07) is 9.17. The number of pyridine rings is 1. The highest BCUT2D eigenvalue weighted by Crippen LogP contribution is 2.24. The van der Waals surface area contributed by atoms with Gasteiger partial charge in [0.1, 0.15) is 4.21 Å². The van der Waals surface area contributed by atoms with Gasteiger partial charge in [-0.05, 0) is 31.3 Å². The first-order valence-electron chi connectivity index (χ1n) is 6.63. The predicted octanol–water partition coefficient (Wildman–Crippen LogP) is 1.73. The van der Waals surface area contributed by atoms with Crippen LogP contribution in [0.15, 0.2) is 40.7 Å². The predicted molar refractivity (Wildman–Crippen MR) is 84.8 cm³/mol. The number of hydrogen-bond acceptors (Lipinski definition) is 5. The summed E-state index contributed by atoms with van der Waals surface area (Å²) < 4.78 is 26.7. The van der Waals surface area contributed by atoms with E-state index < -0.39 is 10.0 Å². The van der Waals surface area contributed by atoms with Crippen LogP contribution in [-0.4, -0.2) is 38.3 Å². The highest BCUT2D eigenvalue weighted by molar-refractivity contribution is 7.91. The minimum absolute atomic E-state index is 0.385. The van der Waals surface area contributed by atoms with E-state index in [2.05, 4.69) is 10.3 Å². The van der Waals surface area contributed by atoms with Gasteiger partial charge >= 0.3 is 0 Å². The zero-order valence-electron chi connectivity index (χ0n) is 12.1. The third-order valence-electron chi connectivity index (χ3n) is 3.06. The molecule has 0 saturated carbocycles. The standard InChI is InChI=1S/C14H19N3O2S2/c1-15-11-13-6-7-14(20-13)21(18,19)17(2)10-8-12-5-3-4-9-16-12/h3-7,9,15H,8,10-11H2,1-2H3. The average molecular weight is 325 g/mol. The minimum Gasteiger partial charge on any atom is -0.315 e. The summed E-state index contributed by atoms with van der Waals surface area (Å²) in [7, 11) is 0.0367. The molecule has 7 heteroatoms. The summed E-state index contributed by atoms with van der Waals surface area (Å²) in [5.74, 6) is 0. The van der Waals surface area contributed by atoms with Gasteiger partial charge in [0.25, 0.3) is 10.0 Å². The Hall–Kier alpha value is -1.28. The molecular weight excluding hydrogens is 306 g/mol. The van der Waals surface area contributed by atoms with E-state index in [0.717, 1.165) is 10.6 Å². The molecule has 0 aliphatic heterocycles. The lowest BCUT2D eigenvalue weighted by Gasteiger charge is -2.15. The molecule has 21 heavy (non-hydrogen) atoms. The molecule has 114 valence electrons. The normalized spacial score (nSPS) is 12.0. The Bertz CT molecular complexity index is 669. The van der Waals surface area contributed by atoms with E-state index in [-0.39, 0.29) is 0 Å². The van der Waals surface area contributed by atoms with Crippen molar-refractivity contribution >= 4 is 21.4 Å². The number of sulfonamides is 1. The van der Waals surface area contributed by atoms with Crippen LogP contribution in [0.4, 0.5) is 0 Å². The van der Waals surface area contributed by atoms with E-state index >= 15 is 0 Å². The lowest BCUT2D eigenvalue weighted by Crippen LogP contribution is -2.28. The first-order valence-corrected chi connectivity index (χ1v) is 8.89. The lowest BCUT2D eigenvalue weighted by atomic mass is 10.3. The Morgan fingerprint density at radius 2 is 2.10 bits per heavy atom. The number of rotatable bonds is 7. The first kappa shape index (κ1) is 16.1. The van der Waals surface area contributed by atoms with Gasteiger partial charge in [0.05, 0.1) is 0 Å². The molecule has 0 fully saturated rings. The molecule has 0 bridgehead atoms. The third-order valence-corrected chi connectivity index (χ3v) is 6.47. The smallest absolute Gasteiger partial charge is 0.252 e. The molecule has 0 atom stereocenters. The monoisotopic (exact) mass is 325 g/mol. The molecule has 0 aliphatic carbocycles. The van der Waals surface area contributed by atoms with Crippen molar-refractivity contribution in [2.75, 3.05) is 20.6 Å². The van der Waals surface area contributed by atoms with Crippen molar-refractivity contribution < 1.29 is 8.42 Å². The number of nitrogens with one attached hydrogen (secondary N) is 1. The molecule has 0 amide bonds. The van der Waals surface area contributed by atoms with Gasteiger partial charge in [0.2, 0.25) is 0 Å². The molecule has 2 heterocycles. The van der Waals surface area contributed by atoms with Gasteiger partial charge in [-0.25, -0.2) is 8.42 Å². The van der Waals surface area contributed by atoms with Crippen molar-refractivity contribution in [1.82, 2.24) is 14.6 Å². The Labute approximate surface area is 129 Å². The third kappa shape index (κ3) is 4.10. The quantitative estimate of drug-likeness (QED) is 0.842. The van der Waals surface area contributed by atoms with Crippen LogP contribution in [0.2, 0.25) is 0 Å². The van der Waals surface area contributed by atoms with Gasteiger partial charge in [-0.2, -0.15) is 4.31 Å². The second-order valence-electron chi connectivity index (χ2n) is 4.65. The molecule has 0 spiro atoms. The summed E-state index contributed by atoms with van der Waals surface area (Å²) in [6.45, 7) is 1.09. The molecule has 0 aliphatic rings. The molecular formula is C14H19N3O2S2. The minimum atomic E-state index is -3.41. The van der Waals surface area contributed by atoms with Crippen LogP contribution in [0.25, 0.3) is 0 Å². The van der Waals surface area contributed by atoms with E-state index in [1.807, 2.05) is 31.3 Å². The Morgan fingerprint density at radius 3 is 2.76 bits per heavy atom. The Morgan fingerprint density at radius 1 is 1.29 bits per heavy atom. The topological polar surface area (TPSA) is 62.3 Å². The highest BCUT2D eigenvalue weighted by atomic mass is 32.2. The number of aromatic nitrogens is 1. The van der Waals surface area contributed by atoms with Gasteiger partial charge in [-0.3, -0.25) is 4.98 Å². The fraction of sp³-hybridized carbons (Fsp3) is 0.357. The van der Waals surface area contributed by atoms with Gasteiger partial charge in [0.15, 0.2) is 0 Å². The summed E-state index contributed by atoms with van der Waals surface area (Å²) >= 11 is 1.31. The van der Waals surface area contributed by atoms with Crippen molar-refractivity contribution in [2.24, 2.45) is 0 Å². The van der Waals surface area contributed by atoms with Gasteiger partial charge in [0, 0.05) is 43.3 Å². The SMILES string of the molecule is CNCc1ccc(S(=O)(=O)N(C)CCc2ccccn2)s1. The van der Waals surface area contributed by atoms with Gasteiger partial charge < -0.3 is 5.32 Å².